The Kier molecular flexibility index (Phi) is 3.42. The molecule has 0 spiro atoms. The summed E-state index contributed by atoms with van der Waals surface area (Å²) in [4.78, 5) is 0.807. The quantitative estimate of drug-likeness (QED) is 0.814. The highest BCUT2D eigenvalue weighted by Crippen LogP contribution is 2.36. The van der Waals surface area contributed by atoms with Crippen LogP contribution in [0, 0.1) is 0 Å². The molecule has 0 atom stereocenters. The molecule has 0 saturated carbocycles. The topological polar surface area (TPSA) is 43.4 Å². The normalized spacial score (nSPS) is 11.4. The van der Waals surface area contributed by atoms with Gasteiger partial charge in [-0.3, -0.25) is 0 Å². The molecule has 0 aliphatic carbocycles. The molecule has 0 N–H and O–H groups in total. The molecule has 2 rings (SSSR count). The van der Waals surface area contributed by atoms with Gasteiger partial charge in [0.05, 0.1) is 7.11 Å². The summed E-state index contributed by atoms with van der Waals surface area (Å²) in [6.07, 6.45) is 0. The Morgan fingerprint density at radius 1 is 1.18 bits per heavy atom. The number of para-hydroxylation sites is 1. The Hall–Kier alpha value is -1.04. The lowest BCUT2D eigenvalue weighted by atomic mass is 10.2. The molecule has 0 bridgehead atoms. The zero-order chi connectivity index (χ0) is 12.5. The molecule has 17 heavy (non-hydrogen) atoms. The summed E-state index contributed by atoms with van der Waals surface area (Å²) in [5.74, 6) is 0.702. The number of rotatable bonds is 3. The van der Waals surface area contributed by atoms with Crippen LogP contribution >= 0.6 is 22.0 Å². The fourth-order valence-corrected chi connectivity index (χ4v) is 3.55. The van der Waals surface area contributed by atoms with E-state index < -0.39 is 9.05 Å². The van der Waals surface area contributed by atoms with Gasteiger partial charge in [0.2, 0.25) is 0 Å². The first-order chi connectivity index (χ1) is 8.02. The molecule has 0 amide bonds. The lowest BCUT2D eigenvalue weighted by Gasteiger charge is -2.05. The fraction of sp³-hybridized carbons (Fsp3) is 0.0909. The lowest BCUT2D eigenvalue weighted by molar-refractivity contribution is 0.416. The average Bonchev–Trinajstić information content (AvgIpc) is 2.77. The van der Waals surface area contributed by atoms with Crippen LogP contribution in [0.4, 0.5) is 0 Å². The lowest BCUT2D eigenvalue weighted by Crippen LogP contribution is -1.85. The van der Waals surface area contributed by atoms with Crippen LogP contribution in [0.2, 0.25) is 0 Å². The maximum atomic E-state index is 11.2. The minimum atomic E-state index is -3.66. The zero-order valence-electron chi connectivity index (χ0n) is 8.88. The predicted octanol–water partition coefficient (Wildman–Crippen LogP) is 3.35. The molecule has 0 unspecified atom stereocenters. The van der Waals surface area contributed by atoms with E-state index in [0.29, 0.717) is 5.75 Å². The summed E-state index contributed by atoms with van der Waals surface area (Å²) in [7, 11) is 3.20. The third-order valence-electron chi connectivity index (χ3n) is 2.19. The van der Waals surface area contributed by atoms with Gasteiger partial charge in [0.1, 0.15) is 9.96 Å². The van der Waals surface area contributed by atoms with Gasteiger partial charge in [-0.1, -0.05) is 12.1 Å². The van der Waals surface area contributed by atoms with Crippen molar-refractivity contribution >= 4 is 31.1 Å². The second kappa shape index (κ2) is 4.68. The molecule has 0 aliphatic rings. The Labute approximate surface area is 108 Å². The smallest absolute Gasteiger partial charge is 0.270 e. The predicted molar refractivity (Wildman–Crippen MR) is 69.3 cm³/mol. The largest absolute Gasteiger partial charge is 0.496 e. The molecule has 0 radical (unpaired) electrons. The maximum Gasteiger partial charge on any atom is 0.270 e. The highest BCUT2D eigenvalue weighted by molar-refractivity contribution is 8.15. The highest BCUT2D eigenvalue weighted by Gasteiger charge is 2.15. The number of ether oxygens (including phenoxy) is 1. The zero-order valence-corrected chi connectivity index (χ0v) is 11.3. The van der Waals surface area contributed by atoms with Crippen molar-refractivity contribution in [1.82, 2.24) is 0 Å². The fourth-order valence-electron chi connectivity index (χ4n) is 1.44. The Balaban J connectivity index is 2.51. The van der Waals surface area contributed by atoms with Crippen molar-refractivity contribution < 1.29 is 13.2 Å². The highest BCUT2D eigenvalue weighted by atomic mass is 35.7. The van der Waals surface area contributed by atoms with Crippen LogP contribution in [-0.4, -0.2) is 15.5 Å². The van der Waals surface area contributed by atoms with E-state index in [1.807, 2.05) is 24.3 Å². The van der Waals surface area contributed by atoms with E-state index in [9.17, 15) is 8.42 Å². The van der Waals surface area contributed by atoms with Crippen molar-refractivity contribution in [3.8, 4) is 16.2 Å². The van der Waals surface area contributed by atoms with E-state index in [2.05, 4.69) is 0 Å². The van der Waals surface area contributed by atoms with Gasteiger partial charge in [0.25, 0.3) is 9.05 Å². The van der Waals surface area contributed by atoms with Crippen LogP contribution in [0.3, 0.4) is 0 Å². The number of benzene rings is 1. The van der Waals surface area contributed by atoms with E-state index in [1.54, 1.807) is 13.2 Å². The van der Waals surface area contributed by atoms with Crippen molar-refractivity contribution in [1.29, 1.82) is 0 Å². The van der Waals surface area contributed by atoms with Gasteiger partial charge in [0.15, 0.2) is 0 Å². The molecule has 0 aliphatic heterocycles. The molecule has 90 valence electrons. The van der Waals surface area contributed by atoms with E-state index in [0.717, 1.165) is 21.8 Å². The van der Waals surface area contributed by atoms with Crippen LogP contribution in [0.5, 0.6) is 5.75 Å². The first-order valence-electron chi connectivity index (χ1n) is 4.70. The molecule has 2 aromatic rings. The Morgan fingerprint density at radius 2 is 1.88 bits per heavy atom. The maximum absolute atomic E-state index is 11.2. The SMILES string of the molecule is COc1ccccc1-c1ccc(S(=O)(=O)Cl)s1. The first-order valence-corrected chi connectivity index (χ1v) is 7.83. The number of halogens is 1. The number of methoxy groups -OCH3 is 1. The van der Waals surface area contributed by atoms with E-state index >= 15 is 0 Å². The van der Waals surface area contributed by atoms with Crippen LogP contribution in [0.15, 0.2) is 40.6 Å². The van der Waals surface area contributed by atoms with Gasteiger partial charge in [-0.15, -0.1) is 11.3 Å². The minimum absolute atomic E-state index is 0.139. The van der Waals surface area contributed by atoms with Gasteiger partial charge in [-0.25, -0.2) is 8.42 Å². The average molecular weight is 289 g/mol. The number of thiophene rings is 1. The second-order valence-electron chi connectivity index (χ2n) is 3.26. The standard InChI is InChI=1S/C11H9ClO3S2/c1-15-9-5-3-2-4-8(9)10-6-7-11(16-10)17(12,13)14/h2-7H,1H3. The number of hydrogen-bond donors (Lipinski definition) is 0. The molecule has 0 fully saturated rings. The Bertz CT molecular complexity index is 632. The third kappa shape index (κ3) is 2.62. The van der Waals surface area contributed by atoms with Crippen molar-refractivity contribution in [3.63, 3.8) is 0 Å². The molecule has 0 saturated heterocycles. The summed E-state index contributed by atoms with van der Waals surface area (Å²) in [6.45, 7) is 0. The van der Waals surface area contributed by atoms with Gasteiger partial charge in [0, 0.05) is 21.1 Å². The summed E-state index contributed by atoms with van der Waals surface area (Å²) in [5.41, 5.74) is 0.853. The minimum Gasteiger partial charge on any atom is -0.496 e. The molecule has 1 heterocycles. The van der Waals surface area contributed by atoms with Crippen molar-refractivity contribution in [2.24, 2.45) is 0 Å². The summed E-state index contributed by atoms with van der Waals surface area (Å²) in [6, 6.07) is 10.6. The number of hydrogen-bond acceptors (Lipinski definition) is 4. The van der Waals surface area contributed by atoms with Crippen molar-refractivity contribution in [2.45, 2.75) is 4.21 Å². The molecule has 1 aromatic heterocycles. The van der Waals surface area contributed by atoms with Gasteiger partial charge in [-0.2, -0.15) is 0 Å². The van der Waals surface area contributed by atoms with Gasteiger partial charge < -0.3 is 4.74 Å². The Morgan fingerprint density at radius 3 is 2.47 bits per heavy atom. The molecular formula is C11H9ClO3S2. The van der Waals surface area contributed by atoms with Gasteiger partial charge >= 0.3 is 0 Å². The van der Waals surface area contributed by atoms with E-state index in [4.69, 9.17) is 15.4 Å². The molecular weight excluding hydrogens is 280 g/mol. The summed E-state index contributed by atoms with van der Waals surface area (Å²) >= 11 is 1.12. The van der Waals surface area contributed by atoms with Gasteiger partial charge in [-0.05, 0) is 24.3 Å². The van der Waals surface area contributed by atoms with Crippen LogP contribution < -0.4 is 4.74 Å². The monoisotopic (exact) mass is 288 g/mol. The van der Waals surface area contributed by atoms with Crippen LogP contribution in [0.25, 0.3) is 10.4 Å². The van der Waals surface area contributed by atoms with Crippen molar-refractivity contribution in [3.05, 3.63) is 36.4 Å². The van der Waals surface area contributed by atoms with Crippen molar-refractivity contribution in [2.75, 3.05) is 7.11 Å². The molecule has 3 nitrogen and oxygen atoms in total. The first kappa shape index (κ1) is 12.4. The molecule has 1 aromatic carbocycles. The summed E-state index contributed by atoms with van der Waals surface area (Å²) in [5, 5.41) is 0. The second-order valence-corrected chi connectivity index (χ2v) is 7.13. The third-order valence-corrected chi connectivity index (χ3v) is 5.41. The molecule has 6 heteroatoms. The van der Waals surface area contributed by atoms with Crippen LogP contribution in [0.1, 0.15) is 0 Å². The van der Waals surface area contributed by atoms with E-state index in [1.165, 1.54) is 6.07 Å². The van der Waals surface area contributed by atoms with Crippen LogP contribution in [-0.2, 0) is 9.05 Å². The van der Waals surface area contributed by atoms with E-state index in [-0.39, 0.29) is 4.21 Å². The summed E-state index contributed by atoms with van der Waals surface area (Å²) < 4.78 is 27.7.